The Bertz CT molecular complexity index is 503. The molecule has 1 fully saturated rings. The number of amides is 2. The number of hydrogen-bond acceptors (Lipinski definition) is 4. The monoisotopic (exact) mass is 293 g/mol. The van der Waals surface area contributed by atoms with Gasteiger partial charge in [-0.15, -0.1) is 11.8 Å². The molecule has 1 unspecified atom stereocenters. The summed E-state index contributed by atoms with van der Waals surface area (Å²) in [6, 6.07) is 7.30. The molecular formula is C14H19N3O2S. The fourth-order valence-corrected chi connectivity index (χ4v) is 2.70. The van der Waals surface area contributed by atoms with Crippen molar-refractivity contribution in [2.24, 2.45) is 17.4 Å². The quantitative estimate of drug-likeness (QED) is 0.660. The SMILES string of the molecule is NC(=O)CSc1ccccc1NC(=O)CC(N)C1CC1. The molecule has 1 aromatic carbocycles. The molecule has 1 aromatic rings. The van der Waals surface area contributed by atoms with Gasteiger partial charge in [-0.25, -0.2) is 0 Å². The van der Waals surface area contributed by atoms with Crippen molar-refractivity contribution in [3.05, 3.63) is 24.3 Å². The molecular weight excluding hydrogens is 274 g/mol. The standard InChI is InChI=1S/C14H19N3O2S/c15-10(9-5-6-9)7-14(19)17-11-3-1-2-4-12(11)20-8-13(16)18/h1-4,9-10H,5-8,15H2,(H2,16,18)(H,17,19). The van der Waals surface area contributed by atoms with Crippen molar-refractivity contribution in [1.29, 1.82) is 0 Å². The molecule has 1 atom stereocenters. The highest BCUT2D eigenvalue weighted by Crippen LogP contribution is 2.33. The van der Waals surface area contributed by atoms with Gasteiger partial charge in [0.2, 0.25) is 11.8 Å². The fraction of sp³-hybridized carbons (Fsp3) is 0.429. The second kappa shape index (κ2) is 6.76. The second-order valence-corrected chi connectivity index (χ2v) is 6.02. The number of primary amides is 1. The summed E-state index contributed by atoms with van der Waals surface area (Å²) < 4.78 is 0. The molecule has 0 bridgehead atoms. The maximum atomic E-state index is 12.0. The summed E-state index contributed by atoms with van der Waals surface area (Å²) in [6.07, 6.45) is 2.58. The first-order chi connectivity index (χ1) is 9.56. The van der Waals surface area contributed by atoms with E-state index in [9.17, 15) is 9.59 Å². The predicted octanol–water partition coefficient (Wildman–Crippen LogP) is 1.33. The molecule has 2 rings (SSSR count). The van der Waals surface area contributed by atoms with E-state index in [1.165, 1.54) is 11.8 Å². The number of hydrogen-bond donors (Lipinski definition) is 3. The van der Waals surface area contributed by atoms with E-state index in [0.29, 0.717) is 18.0 Å². The summed E-state index contributed by atoms with van der Waals surface area (Å²) in [5.41, 5.74) is 11.8. The Balaban J connectivity index is 1.93. The Morgan fingerprint density at radius 2 is 2.05 bits per heavy atom. The summed E-state index contributed by atoms with van der Waals surface area (Å²) in [5.74, 6) is 0.220. The molecule has 6 heteroatoms. The minimum Gasteiger partial charge on any atom is -0.369 e. The van der Waals surface area contributed by atoms with Crippen molar-refractivity contribution in [2.45, 2.75) is 30.2 Å². The summed E-state index contributed by atoms with van der Waals surface area (Å²) >= 11 is 1.31. The second-order valence-electron chi connectivity index (χ2n) is 5.00. The Morgan fingerprint density at radius 1 is 1.35 bits per heavy atom. The highest BCUT2D eigenvalue weighted by atomic mass is 32.2. The first-order valence-corrected chi connectivity index (χ1v) is 7.60. The van der Waals surface area contributed by atoms with Gasteiger partial charge in [-0.1, -0.05) is 12.1 Å². The maximum Gasteiger partial charge on any atom is 0.227 e. The fourth-order valence-electron chi connectivity index (χ4n) is 1.95. The number of nitrogens with one attached hydrogen (secondary N) is 1. The van der Waals surface area contributed by atoms with Gasteiger partial charge in [-0.2, -0.15) is 0 Å². The first-order valence-electron chi connectivity index (χ1n) is 6.62. The topological polar surface area (TPSA) is 98.2 Å². The molecule has 0 aromatic heterocycles. The van der Waals surface area contributed by atoms with Crippen LogP contribution in [0.3, 0.4) is 0 Å². The molecule has 0 aliphatic heterocycles. The van der Waals surface area contributed by atoms with Crippen LogP contribution in [0.5, 0.6) is 0 Å². The molecule has 20 heavy (non-hydrogen) atoms. The van der Waals surface area contributed by atoms with Gasteiger partial charge in [-0.05, 0) is 30.9 Å². The normalized spacial score (nSPS) is 15.7. The van der Waals surface area contributed by atoms with E-state index in [1.807, 2.05) is 24.3 Å². The van der Waals surface area contributed by atoms with E-state index in [0.717, 1.165) is 17.7 Å². The Morgan fingerprint density at radius 3 is 2.70 bits per heavy atom. The molecule has 108 valence electrons. The lowest BCUT2D eigenvalue weighted by Crippen LogP contribution is -2.29. The molecule has 1 aliphatic carbocycles. The van der Waals surface area contributed by atoms with Crippen molar-refractivity contribution in [2.75, 3.05) is 11.1 Å². The third-order valence-electron chi connectivity index (χ3n) is 3.18. The van der Waals surface area contributed by atoms with E-state index in [4.69, 9.17) is 11.5 Å². The summed E-state index contributed by atoms with van der Waals surface area (Å²) in [4.78, 5) is 23.6. The van der Waals surface area contributed by atoms with Gasteiger partial charge in [0, 0.05) is 17.4 Å². The number of para-hydroxylation sites is 1. The minimum atomic E-state index is -0.383. The van der Waals surface area contributed by atoms with Crippen LogP contribution in [0.4, 0.5) is 5.69 Å². The van der Waals surface area contributed by atoms with Gasteiger partial charge in [0.15, 0.2) is 0 Å². The number of anilines is 1. The Labute approximate surface area is 122 Å². The van der Waals surface area contributed by atoms with Crippen LogP contribution >= 0.6 is 11.8 Å². The van der Waals surface area contributed by atoms with E-state index >= 15 is 0 Å². The number of carbonyl (C=O) groups excluding carboxylic acids is 2. The van der Waals surface area contributed by atoms with E-state index in [2.05, 4.69) is 5.32 Å². The van der Waals surface area contributed by atoms with Crippen LogP contribution in [-0.4, -0.2) is 23.6 Å². The van der Waals surface area contributed by atoms with Gasteiger partial charge in [-0.3, -0.25) is 9.59 Å². The lowest BCUT2D eigenvalue weighted by Gasteiger charge is -2.13. The zero-order chi connectivity index (χ0) is 14.5. The van der Waals surface area contributed by atoms with Crippen LogP contribution in [0, 0.1) is 5.92 Å². The van der Waals surface area contributed by atoms with Crippen molar-refractivity contribution < 1.29 is 9.59 Å². The zero-order valence-electron chi connectivity index (χ0n) is 11.2. The molecule has 0 saturated heterocycles. The molecule has 5 nitrogen and oxygen atoms in total. The third kappa shape index (κ3) is 4.54. The number of benzene rings is 1. The Kier molecular flexibility index (Phi) is 5.03. The van der Waals surface area contributed by atoms with Crippen molar-refractivity contribution >= 4 is 29.3 Å². The van der Waals surface area contributed by atoms with Crippen molar-refractivity contribution in [3.8, 4) is 0 Å². The number of nitrogens with two attached hydrogens (primary N) is 2. The number of thioether (sulfide) groups is 1. The van der Waals surface area contributed by atoms with E-state index in [1.54, 1.807) is 0 Å². The highest BCUT2D eigenvalue weighted by Gasteiger charge is 2.29. The van der Waals surface area contributed by atoms with Gasteiger partial charge in [0.05, 0.1) is 11.4 Å². The van der Waals surface area contributed by atoms with Crippen LogP contribution in [0.1, 0.15) is 19.3 Å². The van der Waals surface area contributed by atoms with Crippen LogP contribution in [-0.2, 0) is 9.59 Å². The predicted molar refractivity (Wildman–Crippen MR) is 80.3 cm³/mol. The smallest absolute Gasteiger partial charge is 0.227 e. The molecule has 0 spiro atoms. The molecule has 1 saturated carbocycles. The summed E-state index contributed by atoms with van der Waals surface area (Å²) in [7, 11) is 0. The molecule has 0 heterocycles. The summed E-state index contributed by atoms with van der Waals surface area (Å²) in [5, 5.41) is 2.86. The van der Waals surface area contributed by atoms with Crippen LogP contribution in [0.2, 0.25) is 0 Å². The lowest BCUT2D eigenvalue weighted by molar-refractivity contribution is -0.117. The van der Waals surface area contributed by atoms with Gasteiger partial charge >= 0.3 is 0 Å². The average molecular weight is 293 g/mol. The molecule has 2 amide bonds. The minimum absolute atomic E-state index is 0.0552. The van der Waals surface area contributed by atoms with E-state index in [-0.39, 0.29) is 23.6 Å². The van der Waals surface area contributed by atoms with Crippen LogP contribution < -0.4 is 16.8 Å². The number of carbonyl (C=O) groups is 2. The zero-order valence-corrected chi connectivity index (χ0v) is 12.0. The summed E-state index contributed by atoms with van der Waals surface area (Å²) in [6.45, 7) is 0. The van der Waals surface area contributed by atoms with Crippen LogP contribution in [0.25, 0.3) is 0 Å². The Hall–Kier alpha value is -1.53. The first kappa shape index (κ1) is 14.9. The van der Waals surface area contributed by atoms with Crippen LogP contribution in [0.15, 0.2) is 29.2 Å². The van der Waals surface area contributed by atoms with Gasteiger partial charge in [0.25, 0.3) is 0 Å². The molecule has 0 radical (unpaired) electrons. The lowest BCUT2D eigenvalue weighted by atomic mass is 10.1. The average Bonchev–Trinajstić information content (AvgIpc) is 3.21. The number of rotatable bonds is 7. The van der Waals surface area contributed by atoms with Gasteiger partial charge < -0.3 is 16.8 Å². The van der Waals surface area contributed by atoms with Gasteiger partial charge in [0.1, 0.15) is 0 Å². The van der Waals surface area contributed by atoms with E-state index < -0.39 is 0 Å². The maximum absolute atomic E-state index is 12.0. The third-order valence-corrected chi connectivity index (χ3v) is 4.28. The molecule has 1 aliphatic rings. The largest absolute Gasteiger partial charge is 0.369 e. The van der Waals surface area contributed by atoms with Crippen molar-refractivity contribution in [3.63, 3.8) is 0 Å². The highest BCUT2D eigenvalue weighted by molar-refractivity contribution is 8.00. The van der Waals surface area contributed by atoms with Crippen molar-refractivity contribution in [1.82, 2.24) is 0 Å². The molecule has 5 N–H and O–H groups in total.